The largest absolute Gasteiger partial charge is 0.375 e. The number of carbonyl (C=O) groups is 1. The van der Waals surface area contributed by atoms with Gasteiger partial charge in [0.15, 0.2) is 0 Å². The summed E-state index contributed by atoms with van der Waals surface area (Å²) in [7, 11) is 1.58. The standard InChI is InChI=1S/C12H22N2O2/c1-3-14(12(15)8-16-2)11-6-9-4-5-10(7-11)13-9/h9-11,13H,3-8H2,1-2H3. The Hall–Kier alpha value is -0.610. The molecule has 2 aliphatic heterocycles. The zero-order chi connectivity index (χ0) is 11.5. The minimum atomic E-state index is 0.135. The average Bonchev–Trinajstić information content (AvgIpc) is 2.59. The van der Waals surface area contributed by atoms with Crippen molar-refractivity contribution in [3.05, 3.63) is 0 Å². The number of likely N-dealkylation sites (N-methyl/N-ethyl adjacent to an activating group) is 1. The van der Waals surface area contributed by atoms with Gasteiger partial charge < -0.3 is 15.0 Å². The topological polar surface area (TPSA) is 41.6 Å². The summed E-state index contributed by atoms with van der Waals surface area (Å²) in [6, 6.07) is 1.69. The van der Waals surface area contributed by atoms with Gasteiger partial charge in [-0.2, -0.15) is 0 Å². The zero-order valence-corrected chi connectivity index (χ0v) is 10.2. The van der Waals surface area contributed by atoms with Crippen LogP contribution in [0.4, 0.5) is 0 Å². The molecule has 16 heavy (non-hydrogen) atoms. The third kappa shape index (κ3) is 2.38. The summed E-state index contributed by atoms with van der Waals surface area (Å²) in [5.41, 5.74) is 0. The Balaban J connectivity index is 1.96. The first-order valence-corrected chi connectivity index (χ1v) is 6.29. The number of hydrogen-bond donors (Lipinski definition) is 1. The number of ether oxygens (including phenoxy) is 1. The molecular weight excluding hydrogens is 204 g/mol. The molecule has 92 valence electrons. The molecule has 2 heterocycles. The van der Waals surface area contributed by atoms with E-state index < -0.39 is 0 Å². The number of nitrogens with zero attached hydrogens (tertiary/aromatic N) is 1. The van der Waals surface area contributed by atoms with Gasteiger partial charge in [-0.1, -0.05) is 0 Å². The van der Waals surface area contributed by atoms with E-state index in [2.05, 4.69) is 12.2 Å². The molecule has 0 aliphatic carbocycles. The summed E-state index contributed by atoms with van der Waals surface area (Å²) in [4.78, 5) is 13.9. The highest BCUT2D eigenvalue weighted by molar-refractivity contribution is 5.77. The van der Waals surface area contributed by atoms with E-state index in [9.17, 15) is 4.79 Å². The molecule has 0 aromatic carbocycles. The number of hydrogen-bond acceptors (Lipinski definition) is 3. The van der Waals surface area contributed by atoms with Gasteiger partial charge in [-0.3, -0.25) is 4.79 Å². The highest BCUT2D eigenvalue weighted by Gasteiger charge is 2.36. The van der Waals surface area contributed by atoms with E-state index in [-0.39, 0.29) is 12.5 Å². The van der Waals surface area contributed by atoms with E-state index in [0.717, 1.165) is 19.4 Å². The van der Waals surface area contributed by atoms with Gasteiger partial charge in [0.25, 0.3) is 0 Å². The minimum absolute atomic E-state index is 0.135. The Morgan fingerprint density at radius 3 is 2.50 bits per heavy atom. The van der Waals surface area contributed by atoms with Crippen molar-refractivity contribution in [1.29, 1.82) is 0 Å². The zero-order valence-electron chi connectivity index (χ0n) is 10.2. The van der Waals surface area contributed by atoms with Crippen LogP contribution < -0.4 is 5.32 Å². The summed E-state index contributed by atoms with van der Waals surface area (Å²) in [5, 5.41) is 3.60. The Morgan fingerprint density at radius 1 is 1.38 bits per heavy atom. The first-order chi connectivity index (χ1) is 7.74. The van der Waals surface area contributed by atoms with E-state index in [4.69, 9.17) is 4.74 Å². The maximum Gasteiger partial charge on any atom is 0.248 e. The number of rotatable bonds is 4. The molecule has 1 amide bonds. The van der Waals surface area contributed by atoms with Crippen molar-refractivity contribution in [2.24, 2.45) is 0 Å². The molecule has 0 radical (unpaired) electrons. The molecule has 0 spiro atoms. The van der Waals surface area contributed by atoms with Crippen LogP contribution in [-0.4, -0.2) is 49.2 Å². The van der Waals surface area contributed by atoms with Crippen LogP contribution >= 0.6 is 0 Å². The van der Waals surface area contributed by atoms with E-state index in [1.807, 2.05) is 4.90 Å². The monoisotopic (exact) mass is 226 g/mol. The predicted molar refractivity (Wildman–Crippen MR) is 62.2 cm³/mol. The molecule has 2 rings (SSSR count). The molecule has 2 aliphatic rings. The Kier molecular flexibility index (Phi) is 3.82. The van der Waals surface area contributed by atoms with Crippen molar-refractivity contribution in [2.75, 3.05) is 20.3 Å². The van der Waals surface area contributed by atoms with Crippen LogP contribution in [0.15, 0.2) is 0 Å². The minimum Gasteiger partial charge on any atom is -0.375 e. The molecule has 0 saturated carbocycles. The summed E-state index contributed by atoms with van der Waals surface area (Å²) >= 11 is 0. The third-order valence-corrected chi connectivity index (χ3v) is 3.82. The van der Waals surface area contributed by atoms with Gasteiger partial charge in [-0.25, -0.2) is 0 Å². The predicted octanol–water partition coefficient (Wildman–Crippen LogP) is 0.764. The van der Waals surface area contributed by atoms with Crippen LogP contribution in [0.5, 0.6) is 0 Å². The van der Waals surface area contributed by atoms with Crippen LogP contribution in [0.2, 0.25) is 0 Å². The first-order valence-electron chi connectivity index (χ1n) is 6.29. The molecule has 1 N–H and O–H groups in total. The summed E-state index contributed by atoms with van der Waals surface area (Å²) in [6.07, 6.45) is 4.77. The van der Waals surface area contributed by atoms with Crippen molar-refractivity contribution in [2.45, 2.75) is 50.7 Å². The summed E-state index contributed by atoms with van der Waals surface area (Å²) < 4.78 is 4.94. The molecular formula is C12H22N2O2. The van der Waals surface area contributed by atoms with Gasteiger partial charge in [0.1, 0.15) is 6.61 Å². The smallest absolute Gasteiger partial charge is 0.248 e. The molecule has 2 fully saturated rings. The fourth-order valence-corrected chi connectivity index (χ4v) is 3.13. The summed E-state index contributed by atoms with van der Waals surface area (Å²) in [6.45, 7) is 3.07. The average molecular weight is 226 g/mol. The second-order valence-electron chi connectivity index (χ2n) is 4.88. The number of piperidine rings is 1. The highest BCUT2D eigenvalue weighted by Crippen LogP contribution is 2.29. The normalized spacial score (nSPS) is 32.8. The van der Waals surface area contributed by atoms with Gasteiger partial charge in [-0.15, -0.1) is 0 Å². The number of fused-ring (bicyclic) bond motifs is 2. The van der Waals surface area contributed by atoms with E-state index in [1.54, 1.807) is 7.11 Å². The van der Waals surface area contributed by atoms with Gasteiger partial charge in [0.05, 0.1) is 0 Å². The second kappa shape index (κ2) is 5.15. The van der Waals surface area contributed by atoms with E-state index in [1.165, 1.54) is 12.8 Å². The SMILES string of the molecule is CCN(C(=O)COC)C1CC2CCC(C1)N2. The van der Waals surface area contributed by atoms with Gasteiger partial charge in [0.2, 0.25) is 5.91 Å². The van der Waals surface area contributed by atoms with Crippen molar-refractivity contribution in [3.8, 4) is 0 Å². The molecule has 2 saturated heterocycles. The highest BCUT2D eigenvalue weighted by atomic mass is 16.5. The van der Waals surface area contributed by atoms with Crippen molar-refractivity contribution in [3.63, 3.8) is 0 Å². The molecule has 2 bridgehead atoms. The molecule has 4 heteroatoms. The Morgan fingerprint density at radius 2 is 2.00 bits per heavy atom. The lowest BCUT2D eigenvalue weighted by Crippen LogP contribution is -2.50. The van der Waals surface area contributed by atoms with E-state index in [0.29, 0.717) is 18.1 Å². The lowest BCUT2D eigenvalue weighted by atomic mass is 9.98. The third-order valence-electron chi connectivity index (χ3n) is 3.82. The molecule has 4 nitrogen and oxygen atoms in total. The van der Waals surface area contributed by atoms with Gasteiger partial charge in [-0.05, 0) is 32.6 Å². The van der Waals surface area contributed by atoms with Gasteiger partial charge in [0, 0.05) is 31.8 Å². The van der Waals surface area contributed by atoms with Crippen LogP contribution in [0, 0.1) is 0 Å². The quantitative estimate of drug-likeness (QED) is 0.769. The second-order valence-corrected chi connectivity index (χ2v) is 4.88. The molecule has 2 atom stereocenters. The maximum atomic E-state index is 11.9. The molecule has 2 unspecified atom stereocenters. The van der Waals surface area contributed by atoms with Crippen molar-refractivity contribution < 1.29 is 9.53 Å². The Bertz CT molecular complexity index is 245. The van der Waals surface area contributed by atoms with Crippen LogP contribution in [-0.2, 0) is 9.53 Å². The number of nitrogens with one attached hydrogen (secondary N) is 1. The van der Waals surface area contributed by atoms with Crippen molar-refractivity contribution in [1.82, 2.24) is 10.2 Å². The lowest BCUT2D eigenvalue weighted by molar-refractivity contribution is -0.138. The van der Waals surface area contributed by atoms with E-state index >= 15 is 0 Å². The molecule has 0 aromatic rings. The van der Waals surface area contributed by atoms with Crippen LogP contribution in [0.1, 0.15) is 32.6 Å². The number of carbonyl (C=O) groups excluding carboxylic acids is 1. The molecule has 0 aromatic heterocycles. The van der Waals surface area contributed by atoms with Crippen molar-refractivity contribution >= 4 is 5.91 Å². The lowest BCUT2D eigenvalue weighted by Gasteiger charge is -2.37. The Labute approximate surface area is 97.3 Å². The number of amides is 1. The fourth-order valence-electron chi connectivity index (χ4n) is 3.13. The van der Waals surface area contributed by atoms with Crippen LogP contribution in [0.25, 0.3) is 0 Å². The summed E-state index contributed by atoms with van der Waals surface area (Å²) in [5.74, 6) is 0.135. The maximum absolute atomic E-state index is 11.9. The van der Waals surface area contributed by atoms with Gasteiger partial charge >= 0.3 is 0 Å². The number of methoxy groups -OCH3 is 1. The first kappa shape index (κ1) is 11.9. The fraction of sp³-hybridized carbons (Fsp3) is 0.917. The van der Waals surface area contributed by atoms with Crippen LogP contribution in [0.3, 0.4) is 0 Å².